The maximum absolute atomic E-state index is 11.6. The molecule has 0 amide bonds. The lowest BCUT2D eigenvalue weighted by atomic mass is 9.88. The number of ether oxygens (including phenoxy) is 1. The summed E-state index contributed by atoms with van der Waals surface area (Å²) in [5.74, 6) is 0.499. The van der Waals surface area contributed by atoms with Crippen LogP contribution in [-0.2, 0) is 4.74 Å². The molecule has 0 aromatic carbocycles. The number of aromatic nitrogens is 1. The van der Waals surface area contributed by atoms with E-state index < -0.39 is 0 Å². The molecule has 1 fully saturated rings. The second kappa shape index (κ2) is 7.16. The molecule has 1 aliphatic rings. The Hall–Kier alpha value is -1.23. The van der Waals surface area contributed by atoms with Crippen molar-refractivity contribution in [1.82, 2.24) is 4.98 Å². The van der Waals surface area contributed by atoms with Crippen molar-refractivity contribution in [1.29, 1.82) is 0 Å². The highest BCUT2D eigenvalue weighted by atomic mass is 32.2. The van der Waals surface area contributed by atoms with E-state index in [1.165, 1.54) is 39.2 Å². The lowest BCUT2D eigenvalue weighted by molar-refractivity contribution is 0.0599. The molecular weight excluding hydrogens is 284 g/mol. The molecule has 1 heterocycles. The van der Waals surface area contributed by atoms with Crippen LogP contribution in [0.1, 0.15) is 48.2 Å². The fourth-order valence-corrected chi connectivity index (χ4v) is 3.80. The molecule has 0 spiro atoms. The van der Waals surface area contributed by atoms with Gasteiger partial charge in [-0.3, -0.25) is 0 Å². The van der Waals surface area contributed by atoms with Crippen molar-refractivity contribution in [3.63, 3.8) is 0 Å². The number of carbonyl (C=O) groups is 1. The van der Waals surface area contributed by atoms with Crippen molar-refractivity contribution in [2.45, 2.75) is 43.8 Å². The molecule has 2 rings (SSSR count). The van der Waals surface area contributed by atoms with E-state index in [0.29, 0.717) is 16.0 Å². The number of aryl methyl sites for hydroxylation is 1. The largest absolute Gasteiger partial charge is 0.465 e. The number of hydrogen-bond acceptors (Lipinski definition) is 5. The summed E-state index contributed by atoms with van der Waals surface area (Å²) >= 11 is 1.96. The summed E-state index contributed by atoms with van der Waals surface area (Å²) in [6, 6.07) is 3.64. The zero-order valence-electron chi connectivity index (χ0n) is 13.1. The van der Waals surface area contributed by atoms with Gasteiger partial charge in [-0.15, -0.1) is 0 Å². The van der Waals surface area contributed by atoms with E-state index in [-0.39, 0.29) is 5.97 Å². The fourth-order valence-electron chi connectivity index (χ4n) is 2.89. The maximum atomic E-state index is 11.6. The monoisotopic (exact) mass is 308 g/mol. The Morgan fingerprint density at radius 3 is 2.67 bits per heavy atom. The molecule has 4 nitrogen and oxygen atoms in total. The Morgan fingerprint density at radius 2 is 2.10 bits per heavy atom. The molecule has 5 heteroatoms. The Labute approximate surface area is 131 Å². The predicted molar refractivity (Wildman–Crippen MR) is 88.1 cm³/mol. The van der Waals surface area contributed by atoms with Crippen molar-refractivity contribution in [3.8, 4) is 0 Å². The van der Waals surface area contributed by atoms with Gasteiger partial charge in [-0.25, -0.2) is 9.78 Å². The Balaban J connectivity index is 2.03. The van der Waals surface area contributed by atoms with Gasteiger partial charge in [-0.1, -0.05) is 19.3 Å². The third kappa shape index (κ3) is 3.90. The van der Waals surface area contributed by atoms with E-state index in [9.17, 15) is 4.79 Å². The predicted octanol–water partition coefficient (Wildman–Crippen LogP) is 3.65. The highest BCUT2D eigenvalue weighted by Crippen LogP contribution is 2.38. The lowest BCUT2D eigenvalue weighted by Gasteiger charge is -2.36. The molecule has 0 bridgehead atoms. The van der Waals surface area contributed by atoms with Crippen molar-refractivity contribution < 1.29 is 9.53 Å². The van der Waals surface area contributed by atoms with Gasteiger partial charge in [0, 0.05) is 11.3 Å². The number of hydrogen-bond donors (Lipinski definition) is 1. The van der Waals surface area contributed by atoms with Gasteiger partial charge >= 0.3 is 5.97 Å². The average Bonchev–Trinajstić information content (AvgIpc) is 2.53. The van der Waals surface area contributed by atoms with Gasteiger partial charge in [0.2, 0.25) is 0 Å². The summed E-state index contributed by atoms with van der Waals surface area (Å²) in [7, 11) is 1.39. The van der Waals surface area contributed by atoms with E-state index in [4.69, 9.17) is 4.74 Å². The van der Waals surface area contributed by atoms with Crippen LogP contribution in [-0.4, -0.2) is 35.6 Å². The Morgan fingerprint density at radius 1 is 1.38 bits per heavy atom. The first-order valence-corrected chi connectivity index (χ1v) is 8.68. The Bertz CT molecular complexity index is 499. The van der Waals surface area contributed by atoms with Crippen molar-refractivity contribution >= 4 is 23.5 Å². The summed E-state index contributed by atoms with van der Waals surface area (Å²) in [6.45, 7) is 2.76. The van der Waals surface area contributed by atoms with Crippen molar-refractivity contribution in [2.24, 2.45) is 0 Å². The van der Waals surface area contributed by atoms with Crippen molar-refractivity contribution in [3.05, 3.63) is 23.4 Å². The van der Waals surface area contributed by atoms with E-state index in [1.807, 2.05) is 24.8 Å². The van der Waals surface area contributed by atoms with E-state index in [0.717, 1.165) is 12.4 Å². The highest BCUT2D eigenvalue weighted by molar-refractivity contribution is 8.00. The number of esters is 1. The molecule has 0 aliphatic heterocycles. The van der Waals surface area contributed by atoms with Crippen LogP contribution in [0.3, 0.4) is 0 Å². The Kier molecular flexibility index (Phi) is 5.51. The number of methoxy groups -OCH3 is 1. The van der Waals surface area contributed by atoms with Gasteiger partial charge in [-0.2, -0.15) is 11.8 Å². The minimum Gasteiger partial charge on any atom is -0.465 e. The van der Waals surface area contributed by atoms with Crippen LogP contribution in [0, 0.1) is 6.92 Å². The normalized spacial score (nSPS) is 17.3. The quantitative estimate of drug-likeness (QED) is 0.841. The van der Waals surface area contributed by atoms with Gasteiger partial charge in [0.15, 0.2) is 0 Å². The van der Waals surface area contributed by atoms with Crippen LogP contribution in [0.5, 0.6) is 0 Å². The maximum Gasteiger partial charge on any atom is 0.339 e. The fraction of sp³-hybridized carbons (Fsp3) is 0.625. The second-order valence-corrected chi connectivity index (χ2v) is 6.90. The molecule has 0 radical (unpaired) electrons. The van der Waals surface area contributed by atoms with Gasteiger partial charge < -0.3 is 10.1 Å². The molecule has 0 unspecified atom stereocenters. The summed E-state index contributed by atoms with van der Waals surface area (Å²) in [6.07, 6.45) is 8.72. The molecule has 0 saturated heterocycles. The summed E-state index contributed by atoms with van der Waals surface area (Å²) < 4.78 is 5.07. The van der Waals surface area contributed by atoms with Gasteiger partial charge in [0.25, 0.3) is 0 Å². The molecular formula is C16H24N2O2S. The molecule has 1 aliphatic carbocycles. The molecule has 1 saturated carbocycles. The summed E-state index contributed by atoms with van der Waals surface area (Å²) in [4.78, 5) is 16.0. The number of nitrogens with one attached hydrogen (secondary N) is 1. The third-order valence-corrected chi connectivity index (χ3v) is 5.70. The molecule has 21 heavy (non-hydrogen) atoms. The minimum atomic E-state index is -0.334. The standard InChI is InChI=1S/C16H24N2O2S/c1-12-13(15(19)20-2)7-8-14(18-12)17-11-16(21-3)9-5-4-6-10-16/h7-8H,4-6,9-11H2,1-3H3,(H,17,18). The van der Waals surface area contributed by atoms with Crippen molar-refractivity contribution in [2.75, 3.05) is 25.2 Å². The number of thioether (sulfide) groups is 1. The summed E-state index contributed by atoms with van der Waals surface area (Å²) in [5.41, 5.74) is 1.23. The smallest absolute Gasteiger partial charge is 0.339 e. The first-order chi connectivity index (χ1) is 10.1. The van der Waals surface area contributed by atoms with Gasteiger partial charge in [-0.05, 0) is 38.2 Å². The SMILES string of the molecule is COC(=O)c1ccc(NCC2(SC)CCCCC2)nc1C. The van der Waals surface area contributed by atoms with Crippen LogP contribution in [0.4, 0.5) is 5.82 Å². The first kappa shape index (κ1) is 16.1. The molecule has 1 aromatic heterocycles. The van der Waals surface area contributed by atoms with E-state index in [2.05, 4.69) is 16.6 Å². The number of nitrogens with zero attached hydrogens (tertiary/aromatic N) is 1. The number of rotatable bonds is 5. The molecule has 1 N–H and O–H groups in total. The van der Waals surface area contributed by atoms with Gasteiger partial charge in [0.05, 0.1) is 18.4 Å². The molecule has 0 atom stereocenters. The van der Waals surface area contributed by atoms with E-state index >= 15 is 0 Å². The zero-order chi connectivity index (χ0) is 15.3. The average molecular weight is 308 g/mol. The molecule has 116 valence electrons. The second-order valence-electron chi connectivity index (χ2n) is 5.62. The number of anilines is 1. The minimum absolute atomic E-state index is 0.328. The van der Waals surface area contributed by atoms with Crippen LogP contribution in [0.25, 0.3) is 0 Å². The van der Waals surface area contributed by atoms with Crippen LogP contribution in [0.15, 0.2) is 12.1 Å². The van der Waals surface area contributed by atoms with E-state index in [1.54, 1.807) is 6.07 Å². The number of pyridine rings is 1. The zero-order valence-corrected chi connectivity index (χ0v) is 13.9. The molecule has 1 aromatic rings. The number of carbonyl (C=O) groups excluding carboxylic acids is 1. The van der Waals surface area contributed by atoms with Crippen LogP contribution in [0.2, 0.25) is 0 Å². The topological polar surface area (TPSA) is 51.2 Å². The third-order valence-electron chi connectivity index (χ3n) is 4.28. The van der Waals surface area contributed by atoms with Gasteiger partial charge in [0.1, 0.15) is 5.82 Å². The van der Waals surface area contributed by atoms with Crippen LogP contribution >= 0.6 is 11.8 Å². The first-order valence-electron chi connectivity index (χ1n) is 7.45. The highest BCUT2D eigenvalue weighted by Gasteiger charge is 2.30. The van der Waals surface area contributed by atoms with Crippen LogP contribution < -0.4 is 5.32 Å². The lowest BCUT2D eigenvalue weighted by Crippen LogP contribution is -2.35. The summed E-state index contributed by atoms with van der Waals surface area (Å²) in [5, 5.41) is 3.45.